The Hall–Kier alpha value is -1.59. The van der Waals surface area contributed by atoms with Gasteiger partial charge >= 0.3 is 0 Å². The number of amides is 1. The molecule has 0 radical (unpaired) electrons. The molecule has 0 aliphatic carbocycles. The molecule has 26 heavy (non-hydrogen) atoms. The molecule has 1 fully saturated rings. The quantitative estimate of drug-likeness (QED) is 0.773. The van der Waals surface area contributed by atoms with Crippen molar-refractivity contribution in [1.82, 2.24) is 10.2 Å². The molecule has 5 nitrogen and oxygen atoms in total. The highest BCUT2D eigenvalue weighted by atomic mass is 16.5. The van der Waals surface area contributed by atoms with Gasteiger partial charge in [0.2, 0.25) is 0 Å². The molecule has 0 bridgehead atoms. The van der Waals surface area contributed by atoms with Crippen LogP contribution in [0.4, 0.5) is 5.69 Å². The van der Waals surface area contributed by atoms with Crippen molar-refractivity contribution in [2.24, 2.45) is 5.92 Å². The van der Waals surface area contributed by atoms with Crippen molar-refractivity contribution in [3.8, 4) is 0 Å². The van der Waals surface area contributed by atoms with Crippen LogP contribution in [0.15, 0.2) is 24.3 Å². The fourth-order valence-electron chi connectivity index (χ4n) is 3.54. The van der Waals surface area contributed by atoms with Crippen LogP contribution in [-0.2, 0) is 4.74 Å². The molecular weight excluding hydrogens is 326 g/mol. The van der Waals surface area contributed by atoms with Crippen molar-refractivity contribution in [3.05, 3.63) is 29.8 Å². The number of anilines is 1. The number of rotatable bonds is 8. The third kappa shape index (κ3) is 5.99. The Balaban J connectivity index is 1.86. The smallest absolute Gasteiger partial charge is 0.251 e. The van der Waals surface area contributed by atoms with Crippen LogP contribution in [0.3, 0.4) is 0 Å². The number of ether oxygens (including phenoxy) is 1. The second-order valence-electron chi connectivity index (χ2n) is 7.78. The van der Waals surface area contributed by atoms with Crippen molar-refractivity contribution in [2.45, 2.75) is 46.8 Å². The van der Waals surface area contributed by atoms with Gasteiger partial charge in [0.15, 0.2) is 0 Å². The summed E-state index contributed by atoms with van der Waals surface area (Å²) in [5.41, 5.74) is 1.85. The fraction of sp³-hybridized carbons (Fsp3) is 0.667. The molecule has 0 saturated carbocycles. The lowest BCUT2D eigenvalue weighted by Crippen LogP contribution is -2.48. The molecule has 2 rings (SSSR count). The summed E-state index contributed by atoms with van der Waals surface area (Å²) in [5, 5.41) is 3.02. The predicted octanol–water partition coefficient (Wildman–Crippen LogP) is 3.01. The van der Waals surface area contributed by atoms with Crippen LogP contribution in [0.5, 0.6) is 0 Å². The highest BCUT2D eigenvalue weighted by Gasteiger charge is 2.21. The number of hydrogen-bond acceptors (Lipinski definition) is 4. The number of carbonyl (C=O) groups is 1. The fourth-order valence-corrected chi connectivity index (χ4v) is 3.54. The summed E-state index contributed by atoms with van der Waals surface area (Å²) < 4.78 is 5.80. The Morgan fingerprint density at radius 2 is 1.96 bits per heavy atom. The van der Waals surface area contributed by atoms with E-state index in [1.807, 2.05) is 24.3 Å². The van der Waals surface area contributed by atoms with Crippen LogP contribution >= 0.6 is 0 Å². The van der Waals surface area contributed by atoms with E-state index in [1.54, 1.807) is 0 Å². The standard InChI is InChI=1S/C21H35N3O2/c1-6-24(17(4)5)19-9-7-18(8-10-19)21(25)22-13-20-15-23(11-12-26-20)14-16(2)3/h7-10,16-17,20H,6,11-15H2,1-5H3,(H,22,25). The lowest BCUT2D eigenvalue weighted by molar-refractivity contribution is -0.0295. The third-order valence-corrected chi connectivity index (χ3v) is 4.76. The molecule has 1 atom stereocenters. The second-order valence-corrected chi connectivity index (χ2v) is 7.78. The number of hydrogen-bond donors (Lipinski definition) is 1. The third-order valence-electron chi connectivity index (χ3n) is 4.76. The first kappa shape index (κ1) is 20.7. The van der Waals surface area contributed by atoms with E-state index >= 15 is 0 Å². The summed E-state index contributed by atoms with van der Waals surface area (Å²) in [5.74, 6) is 0.615. The van der Waals surface area contributed by atoms with Gasteiger partial charge in [-0.25, -0.2) is 0 Å². The summed E-state index contributed by atoms with van der Waals surface area (Å²) in [7, 11) is 0. The van der Waals surface area contributed by atoms with Crippen LogP contribution in [0.1, 0.15) is 45.0 Å². The Morgan fingerprint density at radius 3 is 2.54 bits per heavy atom. The predicted molar refractivity (Wildman–Crippen MR) is 108 cm³/mol. The number of morpholine rings is 1. The zero-order valence-electron chi connectivity index (χ0n) is 17.0. The second kappa shape index (κ2) is 9.93. The van der Waals surface area contributed by atoms with E-state index in [2.05, 4.69) is 49.7 Å². The molecule has 146 valence electrons. The normalized spacial score (nSPS) is 18.3. The van der Waals surface area contributed by atoms with Gasteiger partial charge in [-0.3, -0.25) is 9.69 Å². The summed E-state index contributed by atoms with van der Waals surface area (Å²) >= 11 is 0. The van der Waals surface area contributed by atoms with Crippen LogP contribution in [0.25, 0.3) is 0 Å². The minimum absolute atomic E-state index is 0.0336. The highest BCUT2D eigenvalue weighted by molar-refractivity contribution is 5.94. The van der Waals surface area contributed by atoms with Gasteiger partial charge in [-0.05, 0) is 51.0 Å². The molecule has 1 heterocycles. The number of nitrogens with one attached hydrogen (secondary N) is 1. The average molecular weight is 362 g/mol. The molecule has 1 amide bonds. The molecule has 1 aromatic carbocycles. The van der Waals surface area contributed by atoms with Crippen molar-refractivity contribution < 1.29 is 9.53 Å². The molecule has 0 spiro atoms. The summed E-state index contributed by atoms with van der Waals surface area (Å²) in [6, 6.07) is 8.31. The van der Waals surface area contributed by atoms with E-state index in [0.29, 0.717) is 24.1 Å². The number of benzene rings is 1. The number of carbonyl (C=O) groups excluding carboxylic acids is 1. The van der Waals surface area contributed by atoms with E-state index in [4.69, 9.17) is 4.74 Å². The minimum atomic E-state index is -0.0336. The summed E-state index contributed by atoms with van der Waals surface area (Å²) in [4.78, 5) is 17.2. The van der Waals surface area contributed by atoms with Gasteiger partial charge < -0.3 is 15.0 Å². The van der Waals surface area contributed by atoms with Gasteiger partial charge in [-0.2, -0.15) is 0 Å². The maximum atomic E-state index is 12.4. The Kier molecular flexibility index (Phi) is 7.91. The van der Waals surface area contributed by atoms with Gasteiger partial charge in [0.05, 0.1) is 12.7 Å². The van der Waals surface area contributed by atoms with Crippen molar-refractivity contribution in [3.63, 3.8) is 0 Å². The van der Waals surface area contributed by atoms with Crippen LogP contribution in [-0.4, -0.2) is 62.3 Å². The topological polar surface area (TPSA) is 44.8 Å². The van der Waals surface area contributed by atoms with E-state index in [9.17, 15) is 4.79 Å². The van der Waals surface area contributed by atoms with Gasteiger partial charge in [-0.1, -0.05) is 13.8 Å². The maximum Gasteiger partial charge on any atom is 0.251 e. The van der Waals surface area contributed by atoms with Gasteiger partial charge in [0.1, 0.15) is 0 Å². The van der Waals surface area contributed by atoms with Gasteiger partial charge in [0, 0.05) is 50.0 Å². The lowest BCUT2D eigenvalue weighted by Gasteiger charge is -2.34. The lowest BCUT2D eigenvalue weighted by atomic mass is 10.1. The Labute approximate surface area is 158 Å². The molecular formula is C21H35N3O2. The first-order valence-electron chi connectivity index (χ1n) is 9.89. The van der Waals surface area contributed by atoms with Crippen molar-refractivity contribution in [2.75, 3.05) is 44.2 Å². The van der Waals surface area contributed by atoms with E-state index in [1.165, 1.54) is 0 Å². The maximum absolute atomic E-state index is 12.4. The zero-order chi connectivity index (χ0) is 19.1. The number of nitrogens with zero attached hydrogens (tertiary/aromatic N) is 2. The Bertz CT molecular complexity index is 557. The first-order chi connectivity index (χ1) is 12.4. The molecule has 1 saturated heterocycles. The molecule has 1 aliphatic heterocycles. The van der Waals surface area contributed by atoms with Crippen molar-refractivity contribution in [1.29, 1.82) is 0 Å². The molecule has 1 aliphatic rings. The summed E-state index contributed by atoms with van der Waals surface area (Å²) in [6.45, 7) is 16.2. The zero-order valence-corrected chi connectivity index (χ0v) is 17.0. The molecule has 1 N–H and O–H groups in total. The van der Waals surface area contributed by atoms with Crippen molar-refractivity contribution >= 4 is 11.6 Å². The summed E-state index contributed by atoms with van der Waals surface area (Å²) in [6.07, 6.45) is 0.0715. The SMILES string of the molecule is CCN(c1ccc(C(=O)NCC2CN(CC(C)C)CCO2)cc1)C(C)C. The molecule has 1 aromatic rings. The molecule has 5 heteroatoms. The Morgan fingerprint density at radius 1 is 1.27 bits per heavy atom. The monoisotopic (exact) mass is 361 g/mol. The minimum Gasteiger partial charge on any atom is -0.374 e. The van der Waals surface area contributed by atoms with E-state index < -0.39 is 0 Å². The molecule has 1 unspecified atom stereocenters. The van der Waals surface area contributed by atoms with Crippen LogP contribution in [0.2, 0.25) is 0 Å². The first-order valence-corrected chi connectivity index (χ1v) is 9.89. The van der Waals surface area contributed by atoms with Crippen LogP contribution < -0.4 is 10.2 Å². The van der Waals surface area contributed by atoms with E-state index in [0.717, 1.165) is 38.5 Å². The average Bonchev–Trinajstić information content (AvgIpc) is 2.60. The van der Waals surface area contributed by atoms with Gasteiger partial charge in [-0.15, -0.1) is 0 Å². The van der Waals surface area contributed by atoms with Crippen LogP contribution in [0, 0.1) is 5.92 Å². The van der Waals surface area contributed by atoms with Gasteiger partial charge in [0.25, 0.3) is 5.91 Å². The highest BCUT2D eigenvalue weighted by Crippen LogP contribution is 2.17. The molecule has 0 aromatic heterocycles. The largest absolute Gasteiger partial charge is 0.374 e. The van der Waals surface area contributed by atoms with E-state index in [-0.39, 0.29) is 12.0 Å².